The van der Waals surface area contributed by atoms with Gasteiger partial charge < -0.3 is 9.64 Å². The number of hydrogen-bond acceptors (Lipinski definition) is 2. The van der Waals surface area contributed by atoms with Crippen molar-refractivity contribution in [2.75, 3.05) is 27.2 Å². The number of hydrogen-bond donors (Lipinski definition) is 0. The monoisotopic (exact) mass is 291 g/mol. The number of halogens is 2. The van der Waals surface area contributed by atoms with Gasteiger partial charge in [0, 0.05) is 12.1 Å². The van der Waals surface area contributed by atoms with Crippen LogP contribution >= 0.6 is 0 Å². The minimum atomic E-state index is -0.535. The van der Waals surface area contributed by atoms with Gasteiger partial charge in [0.05, 0.1) is 6.61 Å². The first-order valence-corrected chi connectivity index (χ1v) is 6.84. The Morgan fingerprint density at radius 1 is 1.00 bits per heavy atom. The molecular formula is C17H19F2NO. The third kappa shape index (κ3) is 4.34. The first-order chi connectivity index (χ1) is 10.1. The Labute approximate surface area is 124 Å². The average molecular weight is 291 g/mol. The van der Waals surface area contributed by atoms with Gasteiger partial charge in [0.1, 0.15) is 17.7 Å². The molecule has 0 amide bonds. The molecule has 2 rings (SSSR count). The van der Waals surface area contributed by atoms with Gasteiger partial charge in [-0.1, -0.05) is 30.3 Å². The summed E-state index contributed by atoms with van der Waals surface area (Å²) in [6.07, 6.45) is -0.535. The van der Waals surface area contributed by atoms with Crippen molar-refractivity contribution in [1.29, 1.82) is 0 Å². The van der Waals surface area contributed by atoms with Gasteiger partial charge in [-0.15, -0.1) is 0 Å². The summed E-state index contributed by atoms with van der Waals surface area (Å²) in [4.78, 5) is 1.99. The van der Waals surface area contributed by atoms with Gasteiger partial charge in [-0.05, 0) is 37.9 Å². The van der Waals surface area contributed by atoms with Crippen molar-refractivity contribution in [3.05, 3.63) is 71.3 Å². The van der Waals surface area contributed by atoms with E-state index in [0.717, 1.165) is 12.1 Å². The fourth-order valence-electron chi connectivity index (χ4n) is 2.04. The first kappa shape index (κ1) is 15.6. The molecule has 0 aliphatic heterocycles. The molecule has 0 aliphatic carbocycles. The van der Waals surface area contributed by atoms with E-state index in [0.29, 0.717) is 12.2 Å². The van der Waals surface area contributed by atoms with E-state index >= 15 is 0 Å². The molecule has 21 heavy (non-hydrogen) atoms. The molecule has 0 saturated carbocycles. The fourth-order valence-corrected chi connectivity index (χ4v) is 2.04. The molecule has 0 unspecified atom stereocenters. The van der Waals surface area contributed by atoms with Crippen LogP contribution in [0.25, 0.3) is 0 Å². The Balaban J connectivity index is 2.26. The molecule has 2 aromatic rings. The van der Waals surface area contributed by atoms with Gasteiger partial charge in [0.2, 0.25) is 0 Å². The SMILES string of the molecule is CN(C)CCO[C@H](c1ccc(F)cc1)c1ccccc1F. The lowest BCUT2D eigenvalue weighted by Crippen LogP contribution is -2.20. The van der Waals surface area contributed by atoms with Crippen molar-refractivity contribution < 1.29 is 13.5 Å². The highest BCUT2D eigenvalue weighted by molar-refractivity contribution is 5.31. The molecule has 112 valence electrons. The van der Waals surface area contributed by atoms with Crippen molar-refractivity contribution in [2.45, 2.75) is 6.10 Å². The van der Waals surface area contributed by atoms with Crippen LogP contribution in [-0.2, 0) is 4.74 Å². The lowest BCUT2D eigenvalue weighted by atomic mass is 10.0. The zero-order valence-corrected chi connectivity index (χ0v) is 12.2. The molecule has 2 nitrogen and oxygen atoms in total. The molecule has 0 spiro atoms. The fraction of sp³-hybridized carbons (Fsp3) is 0.294. The standard InChI is InChI=1S/C17H19F2NO/c1-20(2)11-12-21-17(13-7-9-14(18)10-8-13)15-5-3-4-6-16(15)19/h3-10,17H,11-12H2,1-2H3/t17-/m1/s1. The van der Waals surface area contributed by atoms with Gasteiger partial charge in [-0.2, -0.15) is 0 Å². The minimum Gasteiger partial charge on any atom is -0.367 e. The van der Waals surface area contributed by atoms with Crippen molar-refractivity contribution in [2.24, 2.45) is 0 Å². The van der Waals surface area contributed by atoms with Crippen LogP contribution in [0.5, 0.6) is 0 Å². The Morgan fingerprint density at radius 3 is 2.29 bits per heavy atom. The van der Waals surface area contributed by atoms with E-state index in [4.69, 9.17) is 4.74 Å². The van der Waals surface area contributed by atoms with Gasteiger partial charge in [0.15, 0.2) is 0 Å². The lowest BCUT2D eigenvalue weighted by Gasteiger charge is -2.20. The van der Waals surface area contributed by atoms with Gasteiger partial charge >= 0.3 is 0 Å². The Kier molecular flexibility index (Phi) is 5.42. The second-order valence-corrected chi connectivity index (χ2v) is 5.13. The predicted molar refractivity (Wildman–Crippen MR) is 79.1 cm³/mol. The van der Waals surface area contributed by atoms with E-state index in [1.165, 1.54) is 18.2 Å². The molecule has 1 atom stereocenters. The Bertz CT molecular complexity index is 569. The second-order valence-electron chi connectivity index (χ2n) is 5.13. The molecule has 0 N–H and O–H groups in total. The van der Waals surface area contributed by atoms with E-state index in [1.54, 1.807) is 30.3 Å². The maximum absolute atomic E-state index is 14.0. The van der Waals surface area contributed by atoms with E-state index in [2.05, 4.69) is 0 Å². The Morgan fingerprint density at radius 2 is 1.67 bits per heavy atom. The van der Waals surface area contributed by atoms with Gasteiger partial charge in [-0.25, -0.2) is 8.78 Å². The van der Waals surface area contributed by atoms with E-state index < -0.39 is 6.10 Å². The molecule has 4 heteroatoms. The minimum absolute atomic E-state index is 0.320. The van der Waals surface area contributed by atoms with E-state index in [9.17, 15) is 8.78 Å². The quantitative estimate of drug-likeness (QED) is 0.806. The highest BCUT2D eigenvalue weighted by Gasteiger charge is 2.18. The molecular weight excluding hydrogens is 272 g/mol. The zero-order chi connectivity index (χ0) is 15.2. The summed E-state index contributed by atoms with van der Waals surface area (Å²) >= 11 is 0. The van der Waals surface area contributed by atoms with Crippen LogP contribution in [0.15, 0.2) is 48.5 Å². The lowest BCUT2D eigenvalue weighted by molar-refractivity contribution is 0.0665. The molecule has 0 fully saturated rings. The van der Waals surface area contributed by atoms with E-state index in [-0.39, 0.29) is 11.6 Å². The molecule has 0 bridgehead atoms. The normalized spacial score (nSPS) is 12.6. The van der Waals surface area contributed by atoms with Crippen molar-refractivity contribution in [3.8, 4) is 0 Å². The number of likely N-dealkylation sites (N-methyl/N-ethyl adjacent to an activating group) is 1. The van der Waals surface area contributed by atoms with Crippen LogP contribution in [0.4, 0.5) is 8.78 Å². The third-order valence-corrected chi connectivity index (χ3v) is 3.18. The van der Waals surface area contributed by atoms with Gasteiger partial charge in [0.25, 0.3) is 0 Å². The topological polar surface area (TPSA) is 12.5 Å². The highest BCUT2D eigenvalue weighted by Crippen LogP contribution is 2.28. The number of nitrogens with zero attached hydrogens (tertiary/aromatic N) is 1. The summed E-state index contributed by atoms with van der Waals surface area (Å²) < 4.78 is 32.9. The highest BCUT2D eigenvalue weighted by atomic mass is 19.1. The summed E-state index contributed by atoms with van der Waals surface area (Å²) in [5.41, 5.74) is 1.20. The smallest absolute Gasteiger partial charge is 0.129 e. The number of benzene rings is 2. The number of rotatable bonds is 6. The summed E-state index contributed by atoms with van der Waals surface area (Å²) in [5, 5.41) is 0. The zero-order valence-electron chi connectivity index (χ0n) is 12.2. The average Bonchev–Trinajstić information content (AvgIpc) is 2.46. The van der Waals surface area contributed by atoms with Crippen LogP contribution in [0.2, 0.25) is 0 Å². The van der Waals surface area contributed by atoms with Crippen LogP contribution in [0.3, 0.4) is 0 Å². The summed E-state index contributed by atoms with van der Waals surface area (Å²) in [7, 11) is 3.89. The van der Waals surface area contributed by atoms with Crippen LogP contribution in [-0.4, -0.2) is 32.1 Å². The summed E-state index contributed by atoms with van der Waals surface area (Å²) in [6.45, 7) is 1.19. The molecule has 0 aromatic heterocycles. The van der Waals surface area contributed by atoms with Gasteiger partial charge in [-0.3, -0.25) is 0 Å². The molecule has 0 aliphatic rings. The van der Waals surface area contributed by atoms with Crippen LogP contribution < -0.4 is 0 Å². The maximum Gasteiger partial charge on any atom is 0.129 e. The number of ether oxygens (including phenoxy) is 1. The summed E-state index contributed by atoms with van der Waals surface area (Å²) in [6, 6.07) is 12.5. The van der Waals surface area contributed by atoms with Crippen LogP contribution in [0.1, 0.15) is 17.2 Å². The Hall–Kier alpha value is -1.78. The van der Waals surface area contributed by atoms with Crippen molar-refractivity contribution >= 4 is 0 Å². The molecule has 0 radical (unpaired) electrons. The van der Waals surface area contributed by atoms with Crippen molar-refractivity contribution in [3.63, 3.8) is 0 Å². The first-order valence-electron chi connectivity index (χ1n) is 6.84. The van der Waals surface area contributed by atoms with Crippen LogP contribution in [0, 0.1) is 11.6 Å². The molecule has 0 saturated heterocycles. The third-order valence-electron chi connectivity index (χ3n) is 3.18. The predicted octanol–water partition coefficient (Wildman–Crippen LogP) is 3.63. The maximum atomic E-state index is 14.0. The van der Waals surface area contributed by atoms with E-state index in [1.807, 2.05) is 19.0 Å². The second kappa shape index (κ2) is 7.29. The largest absolute Gasteiger partial charge is 0.367 e. The molecule has 2 aromatic carbocycles. The van der Waals surface area contributed by atoms with Crippen molar-refractivity contribution in [1.82, 2.24) is 4.90 Å². The molecule has 0 heterocycles. The summed E-state index contributed by atoms with van der Waals surface area (Å²) in [5.74, 6) is -0.643.